The Morgan fingerprint density at radius 1 is 1.13 bits per heavy atom. The van der Waals surface area contributed by atoms with Gasteiger partial charge in [-0.05, 0) is 29.8 Å². The standard InChI is InChI=1S/C17H15N3O3/c1-22-15-7-12(6-13(10-21)17(15)23-2)14-9-19-20-16(14)11-4-3-5-18-8-11/h3-10H,1-2H3,(H,19,20). The number of aldehydes is 1. The van der Waals surface area contributed by atoms with Crippen LogP contribution in [0.1, 0.15) is 10.4 Å². The number of aromatic amines is 1. The summed E-state index contributed by atoms with van der Waals surface area (Å²) in [6, 6.07) is 7.35. The molecule has 0 aliphatic rings. The van der Waals surface area contributed by atoms with Gasteiger partial charge >= 0.3 is 0 Å². The van der Waals surface area contributed by atoms with Gasteiger partial charge in [0.15, 0.2) is 17.8 Å². The summed E-state index contributed by atoms with van der Waals surface area (Å²) in [7, 11) is 3.04. The molecule has 0 radical (unpaired) electrons. The maximum Gasteiger partial charge on any atom is 0.171 e. The van der Waals surface area contributed by atoms with E-state index in [0.29, 0.717) is 17.1 Å². The van der Waals surface area contributed by atoms with Crippen molar-refractivity contribution in [2.75, 3.05) is 14.2 Å². The van der Waals surface area contributed by atoms with Crippen molar-refractivity contribution in [1.29, 1.82) is 0 Å². The molecule has 2 aromatic heterocycles. The fourth-order valence-corrected chi connectivity index (χ4v) is 2.47. The second kappa shape index (κ2) is 6.31. The van der Waals surface area contributed by atoms with Gasteiger partial charge in [-0.25, -0.2) is 0 Å². The second-order valence-electron chi connectivity index (χ2n) is 4.82. The third-order valence-electron chi connectivity index (χ3n) is 3.54. The van der Waals surface area contributed by atoms with E-state index < -0.39 is 0 Å². The Morgan fingerprint density at radius 2 is 2.00 bits per heavy atom. The summed E-state index contributed by atoms with van der Waals surface area (Å²) in [5.74, 6) is 0.906. The predicted octanol–water partition coefficient (Wildman–Crippen LogP) is 2.97. The zero-order chi connectivity index (χ0) is 16.2. The molecule has 0 bridgehead atoms. The van der Waals surface area contributed by atoms with Crippen LogP contribution in [0.15, 0.2) is 42.9 Å². The van der Waals surface area contributed by atoms with Crippen molar-refractivity contribution < 1.29 is 14.3 Å². The molecule has 6 nitrogen and oxygen atoms in total. The van der Waals surface area contributed by atoms with Crippen molar-refractivity contribution >= 4 is 6.29 Å². The van der Waals surface area contributed by atoms with E-state index in [0.717, 1.165) is 28.7 Å². The molecule has 0 saturated carbocycles. The fourth-order valence-electron chi connectivity index (χ4n) is 2.47. The predicted molar refractivity (Wildman–Crippen MR) is 85.7 cm³/mol. The van der Waals surface area contributed by atoms with Crippen LogP contribution in [0, 0.1) is 0 Å². The van der Waals surface area contributed by atoms with Crippen LogP contribution >= 0.6 is 0 Å². The van der Waals surface area contributed by atoms with E-state index in [1.165, 1.54) is 14.2 Å². The number of H-pyrrole nitrogens is 1. The minimum atomic E-state index is 0.415. The molecule has 6 heteroatoms. The number of hydrogen-bond acceptors (Lipinski definition) is 5. The Morgan fingerprint density at radius 3 is 2.65 bits per heavy atom. The van der Waals surface area contributed by atoms with E-state index in [1.807, 2.05) is 18.2 Å². The van der Waals surface area contributed by atoms with Gasteiger partial charge in [-0.2, -0.15) is 5.10 Å². The molecular weight excluding hydrogens is 294 g/mol. The van der Waals surface area contributed by atoms with Crippen molar-refractivity contribution in [2.24, 2.45) is 0 Å². The Hall–Kier alpha value is -3.15. The maximum atomic E-state index is 11.4. The molecule has 0 spiro atoms. The first-order chi connectivity index (χ1) is 11.3. The lowest BCUT2D eigenvalue weighted by Gasteiger charge is -2.12. The van der Waals surface area contributed by atoms with Crippen LogP contribution in [0.2, 0.25) is 0 Å². The summed E-state index contributed by atoms with van der Waals surface area (Å²) in [5, 5.41) is 7.09. The van der Waals surface area contributed by atoms with Crippen LogP contribution in [0.3, 0.4) is 0 Å². The highest BCUT2D eigenvalue weighted by Crippen LogP contribution is 2.38. The number of pyridine rings is 1. The molecule has 0 aliphatic carbocycles. The summed E-state index contributed by atoms with van der Waals surface area (Å²) < 4.78 is 10.6. The molecular formula is C17H15N3O3. The molecule has 1 aromatic carbocycles. The Kier molecular flexibility index (Phi) is 4.05. The molecule has 2 heterocycles. The van der Waals surface area contributed by atoms with Crippen LogP contribution < -0.4 is 9.47 Å². The third-order valence-corrected chi connectivity index (χ3v) is 3.54. The molecule has 1 N–H and O–H groups in total. The number of benzene rings is 1. The van der Waals surface area contributed by atoms with E-state index in [1.54, 1.807) is 24.7 Å². The first kappa shape index (κ1) is 14.8. The van der Waals surface area contributed by atoms with Gasteiger partial charge in [0.05, 0.1) is 31.7 Å². The lowest BCUT2D eigenvalue weighted by atomic mass is 10.00. The van der Waals surface area contributed by atoms with Gasteiger partial charge in [-0.3, -0.25) is 14.9 Å². The van der Waals surface area contributed by atoms with Gasteiger partial charge in [0.2, 0.25) is 0 Å². The highest BCUT2D eigenvalue weighted by molar-refractivity contribution is 5.88. The summed E-state index contributed by atoms with van der Waals surface area (Å²) in [5.41, 5.74) is 3.80. The van der Waals surface area contributed by atoms with Crippen LogP contribution in [0.25, 0.3) is 22.4 Å². The highest BCUT2D eigenvalue weighted by atomic mass is 16.5. The summed E-state index contributed by atoms with van der Waals surface area (Å²) in [6.45, 7) is 0. The van der Waals surface area contributed by atoms with E-state index in [2.05, 4.69) is 15.2 Å². The maximum absolute atomic E-state index is 11.4. The molecule has 0 saturated heterocycles. The quantitative estimate of drug-likeness (QED) is 0.733. The summed E-state index contributed by atoms with van der Waals surface area (Å²) in [6.07, 6.45) is 5.91. The lowest BCUT2D eigenvalue weighted by Crippen LogP contribution is -1.96. The van der Waals surface area contributed by atoms with Crippen LogP contribution in [0.5, 0.6) is 11.5 Å². The molecule has 0 aliphatic heterocycles. The first-order valence-corrected chi connectivity index (χ1v) is 6.93. The molecule has 0 amide bonds. The molecule has 0 fully saturated rings. The van der Waals surface area contributed by atoms with Crippen molar-refractivity contribution in [2.45, 2.75) is 0 Å². The van der Waals surface area contributed by atoms with Crippen molar-refractivity contribution in [3.8, 4) is 33.9 Å². The number of hydrogen-bond donors (Lipinski definition) is 1. The fraction of sp³-hybridized carbons (Fsp3) is 0.118. The highest BCUT2D eigenvalue weighted by Gasteiger charge is 2.16. The Balaban J connectivity index is 2.17. The van der Waals surface area contributed by atoms with Gasteiger partial charge in [0.25, 0.3) is 0 Å². The molecule has 3 rings (SSSR count). The van der Waals surface area contributed by atoms with Crippen molar-refractivity contribution in [3.63, 3.8) is 0 Å². The average molecular weight is 309 g/mol. The Labute approximate surface area is 133 Å². The van der Waals surface area contributed by atoms with Gasteiger partial charge in [0, 0.05) is 23.5 Å². The van der Waals surface area contributed by atoms with Gasteiger partial charge in [-0.15, -0.1) is 0 Å². The number of nitrogens with zero attached hydrogens (tertiary/aromatic N) is 2. The van der Waals surface area contributed by atoms with E-state index in [9.17, 15) is 4.79 Å². The minimum Gasteiger partial charge on any atom is -0.493 e. The zero-order valence-electron chi connectivity index (χ0n) is 12.7. The van der Waals surface area contributed by atoms with Crippen molar-refractivity contribution in [1.82, 2.24) is 15.2 Å². The number of carbonyl (C=O) groups is 1. The lowest BCUT2D eigenvalue weighted by molar-refractivity contribution is 0.112. The number of carbonyl (C=O) groups excluding carboxylic acids is 1. The van der Waals surface area contributed by atoms with E-state index in [-0.39, 0.29) is 0 Å². The number of aromatic nitrogens is 3. The van der Waals surface area contributed by atoms with Crippen LogP contribution in [-0.4, -0.2) is 35.7 Å². The third kappa shape index (κ3) is 2.66. The molecule has 0 unspecified atom stereocenters. The number of nitrogens with one attached hydrogen (secondary N) is 1. The number of rotatable bonds is 5. The minimum absolute atomic E-state index is 0.415. The topological polar surface area (TPSA) is 77.1 Å². The normalized spacial score (nSPS) is 10.3. The largest absolute Gasteiger partial charge is 0.493 e. The number of methoxy groups -OCH3 is 2. The smallest absolute Gasteiger partial charge is 0.171 e. The van der Waals surface area contributed by atoms with Crippen molar-refractivity contribution in [3.05, 3.63) is 48.4 Å². The summed E-state index contributed by atoms with van der Waals surface area (Å²) >= 11 is 0. The average Bonchev–Trinajstić information content (AvgIpc) is 3.10. The van der Waals surface area contributed by atoms with Crippen LogP contribution in [0.4, 0.5) is 0 Å². The number of ether oxygens (including phenoxy) is 2. The Bertz CT molecular complexity index is 828. The van der Waals surface area contributed by atoms with Gasteiger partial charge in [0.1, 0.15) is 0 Å². The monoisotopic (exact) mass is 309 g/mol. The van der Waals surface area contributed by atoms with E-state index in [4.69, 9.17) is 9.47 Å². The molecule has 0 atom stereocenters. The molecule has 116 valence electrons. The van der Waals surface area contributed by atoms with Gasteiger partial charge in [-0.1, -0.05) is 0 Å². The van der Waals surface area contributed by atoms with Gasteiger partial charge < -0.3 is 9.47 Å². The first-order valence-electron chi connectivity index (χ1n) is 6.93. The summed E-state index contributed by atoms with van der Waals surface area (Å²) in [4.78, 5) is 15.5. The zero-order valence-corrected chi connectivity index (χ0v) is 12.7. The van der Waals surface area contributed by atoms with Crippen LogP contribution in [-0.2, 0) is 0 Å². The van der Waals surface area contributed by atoms with E-state index >= 15 is 0 Å². The molecule has 3 aromatic rings. The SMILES string of the molecule is COc1cc(-c2cn[nH]c2-c2cccnc2)cc(C=O)c1OC. The second-order valence-corrected chi connectivity index (χ2v) is 4.82. The molecule has 23 heavy (non-hydrogen) atoms.